The second-order valence-electron chi connectivity index (χ2n) is 6.77. The maximum atomic E-state index is 12.5. The number of benzene rings is 2. The second kappa shape index (κ2) is 8.71. The van der Waals surface area contributed by atoms with Crippen molar-refractivity contribution in [2.24, 2.45) is 0 Å². The number of halogens is 1. The van der Waals surface area contributed by atoms with Gasteiger partial charge < -0.3 is 4.74 Å². The predicted octanol–water partition coefficient (Wildman–Crippen LogP) is 3.14. The Balaban J connectivity index is 1.70. The van der Waals surface area contributed by atoms with Gasteiger partial charge in [-0.15, -0.1) is 0 Å². The first-order chi connectivity index (χ1) is 13.6. The van der Waals surface area contributed by atoms with E-state index in [0.29, 0.717) is 0 Å². The van der Waals surface area contributed by atoms with Crippen molar-refractivity contribution in [2.45, 2.75) is 47.8 Å². The molecule has 0 radical (unpaired) electrons. The van der Waals surface area contributed by atoms with E-state index in [9.17, 15) is 16.8 Å². The molecule has 0 aromatic heterocycles. The van der Waals surface area contributed by atoms with Crippen LogP contribution in [0.1, 0.15) is 17.5 Å². The first-order valence-corrected chi connectivity index (χ1v) is 12.1. The minimum absolute atomic E-state index is 0.00624. The highest BCUT2D eigenvalue weighted by Crippen LogP contribution is 2.30. The van der Waals surface area contributed by atoms with Crippen LogP contribution < -0.4 is 0 Å². The van der Waals surface area contributed by atoms with Crippen LogP contribution in [-0.4, -0.2) is 41.2 Å². The molecule has 0 N–H and O–H groups in total. The molecule has 29 heavy (non-hydrogen) atoms. The zero-order valence-corrected chi connectivity index (χ0v) is 18.2. The van der Waals surface area contributed by atoms with Crippen molar-refractivity contribution < 1.29 is 29.9 Å². The highest BCUT2D eigenvalue weighted by Gasteiger charge is 2.39. The van der Waals surface area contributed by atoms with Crippen LogP contribution in [-0.2, 0) is 33.3 Å². The van der Waals surface area contributed by atoms with Crippen molar-refractivity contribution >= 4 is 31.8 Å². The van der Waals surface area contributed by atoms with E-state index in [4.69, 9.17) is 24.7 Å². The molecular weight excluding hydrogens is 440 g/mol. The number of hydrogen-bond donors (Lipinski definition) is 0. The molecule has 158 valence electrons. The zero-order valence-electron chi connectivity index (χ0n) is 15.8. The fourth-order valence-electron chi connectivity index (χ4n) is 2.77. The summed E-state index contributed by atoms with van der Waals surface area (Å²) in [5.74, 6) is 0. The summed E-state index contributed by atoms with van der Waals surface area (Å²) in [6.07, 6.45) is -1.86. The van der Waals surface area contributed by atoms with Gasteiger partial charge in [0.05, 0.1) is 16.4 Å². The van der Waals surface area contributed by atoms with Crippen LogP contribution in [0.4, 0.5) is 0 Å². The van der Waals surface area contributed by atoms with Gasteiger partial charge in [0.2, 0.25) is 0 Å². The molecule has 1 fully saturated rings. The third kappa shape index (κ3) is 5.56. The Kier molecular flexibility index (Phi) is 6.67. The minimum Gasteiger partial charge on any atom is -0.354 e. The van der Waals surface area contributed by atoms with E-state index in [-0.39, 0.29) is 16.2 Å². The molecule has 1 heterocycles. The Morgan fingerprint density at radius 3 is 1.90 bits per heavy atom. The van der Waals surface area contributed by atoms with Gasteiger partial charge in [-0.25, -0.2) is 0 Å². The van der Waals surface area contributed by atoms with Gasteiger partial charge in [0.25, 0.3) is 20.2 Å². The van der Waals surface area contributed by atoms with E-state index in [1.54, 1.807) is 24.3 Å². The Hall–Kier alpha value is -1.49. The summed E-state index contributed by atoms with van der Waals surface area (Å²) < 4.78 is 65.5. The molecule has 10 heteroatoms. The van der Waals surface area contributed by atoms with Crippen LogP contribution >= 0.6 is 11.6 Å². The first-order valence-electron chi connectivity index (χ1n) is 8.82. The largest absolute Gasteiger partial charge is 0.354 e. The topological polar surface area (TPSA) is 96.0 Å². The van der Waals surface area contributed by atoms with Crippen molar-refractivity contribution in [3.63, 3.8) is 0 Å². The van der Waals surface area contributed by atoms with Gasteiger partial charge >= 0.3 is 0 Å². The highest BCUT2D eigenvalue weighted by atomic mass is 35.5. The molecule has 0 aliphatic carbocycles. The summed E-state index contributed by atoms with van der Waals surface area (Å²) in [7, 11) is -8.11. The Bertz CT molecular complexity index is 1050. The third-order valence-corrected chi connectivity index (χ3v) is 7.34. The normalized spacial score (nSPS) is 22.7. The van der Waals surface area contributed by atoms with Gasteiger partial charge in [0.1, 0.15) is 17.8 Å². The van der Waals surface area contributed by atoms with Gasteiger partial charge in [-0.1, -0.05) is 47.0 Å². The van der Waals surface area contributed by atoms with Gasteiger partial charge in [-0.3, -0.25) is 8.37 Å². The van der Waals surface area contributed by atoms with Crippen molar-refractivity contribution in [1.29, 1.82) is 0 Å². The predicted molar refractivity (Wildman–Crippen MR) is 107 cm³/mol. The van der Waals surface area contributed by atoms with Gasteiger partial charge in [0, 0.05) is 6.42 Å². The van der Waals surface area contributed by atoms with E-state index >= 15 is 0 Å². The molecule has 0 unspecified atom stereocenters. The van der Waals surface area contributed by atoms with Crippen molar-refractivity contribution in [2.75, 3.05) is 6.61 Å². The zero-order chi connectivity index (χ0) is 21.2. The molecule has 0 amide bonds. The Morgan fingerprint density at radius 1 is 0.897 bits per heavy atom. The maximum absolute atomic E-state index is 12.5. The Labute approximate surface area is 175 Å². The lowest BCUT2D eigenvalue weighted by molar-refractivity contribution is 0.0141. The maximum Gasteiger partial charge on any atom is 0.297 e. The van der Waals surface area contributed by atoms with Crippen LogP contribution in [0.15, 0.2) is 58.3 Å². The van der Waals surface area contributed by atoms with Crippen molar-refractivity contribution in [3.05, 3.63) is 59.7 Å². The standard InChI is InChI=1S/C19H21ClO7S2/c1-13-3-7-15(8-4-13)28(21,22)25-12-18-17(11-19(20)26-18)27-29(23,24)16-9-5-14(2)6-10-16/h3-10,17-19H,11-12H2,1-2H3/t17-,18+,19-/m0/s1. The molecule has 1 aliphatic rings. The first kappa shape index (κ1) is 22.2. The van der Waals surface area contributed by atoms with Crippen LogP contribution in [0.2, 0.25) is 0 Å². The van der Waals surface area contributed by atoms with Crippen LogP contribution in [0, 0.1) is 13.8 Å². The number of hydrogen-bond acceptors (Lipinski definition) is 7. The van der Waals surface area contributed by atoms with Crippen LogP contribution in [0.3, 0.4) is 0 Å². The lowest BCUT2D eigenvalue weighted by Crippen LogP contribution is -2.32. The molecule has 3 rings (SSSR count). The average Bonchev–Trinajstić information content (AvgIpc) is 2.99. The number of aryl methyl sites for hydroxylation is 2. The monoisotopic (exact) mass is 460 g/mol. The van der Waals surface area contributed by atoms with Crippen molar-refractivity contribution in [1.82, 2.24) is 0 Å². The van der Waals surface area contributed by atoms with Gasteiger partial charge in [-0.2, -0.15) is 16.8 Å². The average molecular weight is 461 g/mol. The Morgan fingerprint density at radius 2 is 1.38 bits per heavy atom. The summed E-state index contributed by atoms with van der Waals surface area (Å²) in [5, 5.41) is 0. The quantitative estimate of drug-likeness (QED) is 0.462. The lowest BCUT2D eigenvalue weighted by atomic mass is 10.2. The van der Waals surface area contributed by atoms with E-state index < -0.39 is 44.6 Å². The molecule has 0 saturated carbocycles. The molecule has 2 aromatic carbocycles. The van der Waals surface area contributed by atoms with Gasteiger partial charge in [-0.05, 0) is 38.1 Å². The molecule has 7 nitrogen and oxygen atoms in total. The van der Waals surface area contributed by atoms with Gasteiger partial charge in [0.15, 0.2) is 0 Å². The van der Waals surface area contributed by atoms with E-state index in [0.717, 1.165) is 11.1 Å². The fraction of sp³-hybridized carbons (Fsp3) is 0.368. The second-order valence-corrected chi connectivity index (χ2v) is 10.4. The lowest BCUT2D eigenvalue weighted by Gasteiger charge is -2.18. The number of alkyl halides is 1. The molecule has 0 bridgehead atoms. The smallest absolute Gasteiger partial charge is 0.297 e. The van der Waals surface area contributed by atoms with Crippen molar-refractivity contribution in [3.8, 4) is 0 Å². The van der Waals surface area contributed by atoms with E-state index in [1.807, 2.05) is 13.8 Å². The molecule has 1 aliphatic heterocycles. The summed E-state index contributed by atoms with van der Waals surface area (Å²) >= 11 is 5.98. The van der Waals surface area contributed by atoms with E-state index in [2.05, 4.69) is 0 Å². The molecule has 0 spiro atoms. The molecular formula is C19H21ClO7S2. The summed E-state index contributed by atoms with van der Waals surface area (Å²) in [4.78, 5) is -0.0127. The summed E-state index contributed by atoms with van der Waals surface area (Å²) in [5.41, 5.74) is 0.994. The third-order valence-electron chi connectivity index (χ3n) is 4.41. The summed E-state index contributed by atoms with van der Waals surface area (Å²) in [6.45, 7) is 3.25. The number of rotatable bonds is 7. The highest BCUT2D eigenvalue weighted by molar-refractivity contribution is 7.87. The van der Waals surface area contributed by atoms with Crippen LogP contribution in [0.25, 0.3) is 0 Å². The molecule has 2 aromatic rings. The fourth-order valence-corrected chi connectivity index (χ4v) is 5.10. The minimum atomic E-state index is -4.07. The SMILES string of the molecule is Cc1ccc(S(=O)(=O)OC[C@H]2O[C@H](Cl)C[C@@H]2OS(=O)(=O)c2ccc(C)cc2)cc1. The van der Waals surface area contributed by atoms with E-state index in [1.165, 1.54) is 24.3 Å². The van der Waals surface area contributed by atoms with Crippen LogP contribution in [0.5, 0.6) is 0 Å². The molecule has 3 atom stereocenters. The summed E-state index contributed by atoms with van der Waals surface area (Å²) in [6, 6.07) is 12.3. The molecule has 1 saturated heterocycles. The number of ether oxygens (including phenoxy) is 1.